The van der Waals surface area contributed by atoms with Gasteiger partial charge in [0.05, 0.1) is 0 Å². The summed E-state index contributed by atoms with van der Waals surface area (Å²) in [5, 5.41) is 4.93. The maximum absolute atomic E-state index is 12.0. The summed E-state index contributed by atoms with van der Waals surface area (Å²) in [6.07, 6.45) is -2.99. The lowest BCUT2D eigenvalue weighted by Crippen LogP contribution is -2.27. The third-order valence-electron chi connectivity index (χ3n) is 2.50. The van der Waals surface area contributed by atoms with Gasteiger partial charge >= 0.3 is 6.18 Å². The van der Waals surface area contributed by atoms with Gasteiger partial charge in [-0.15, -0.1) is 11.3 Å². The minimum absolute atomic E-state index is 0.0521. The molecule has 1 N–H and O–H groups in total. The summed E-state index contributed by atoms with van der Waals surface area (Å²) in [5.41, 5.74) is 0. The van der Waals surface area contributed by atoms with Crippen LogP contribution in [-0.4, -0.2) is 19.3 Å². The lowest BCUT2D eigenvalue weighted by atomic mass is 10.1. The molecule has 1 heterocycles. The lowest BCUT2D eigenvalue weighted by Gasteiger charge is -2.16. The van der Waals surface area contributed by atoms with E-state index in [1.807, 2.05) is 17.5 Å². The summed E-state index contributed by atoms with van der Waals surface area (Å²) >= 11 is 1.65. The number of hydrogen-bond acceptors (Lipinski definition) is 2. The van der Waals surface area contributed by atoms with Crippen LogP contribution in [0.15, 0.2) is 17.5 Å². The Morgan fingerprint density at radius 3 is 2.62 bits per heavy atom. The summed E-state index contributed by atoms with van der Waals surface area (Å²) in [6, 6.07) is 3.93. The fourth-order valence-corrected chi connectivity index (χ4v) is 2.27. The molecular formula is C11H16F3NS. The normalized spacial score (nSPS) is 14.0. The number of nitrogens with one attached hydrogen (secondary N) is 1. The van der Waals surface area contributed by atoms with Crippen LogP contribution < -0.4 is 5.32 Å². The van der Waals surface area contributed by atoms with Crippen LogP contribution in [0.3, 0.4) is 0 Å². The van der Waals surface area contributed by atoms with Crippen LogP contribution >= 0.6 is 11.3 Å². The number of hydrogen-bond donors (Lipinski definition) is 1. The molecule has 0 saturated carbocycles. The fourth-order valence-electron chi connectivity index (χ4n) is 1.54. The number of rotatable bonds is 6. The Labute approximate surface area is 97.7 Å². The van der Waals surface area contributed by atoms with Gasteiger partial charge in [-0.25, -0.2) is 0 Å². The molecule has 0 aromatic carbocycles. The molecule has 1 atom stereocenters. The molecule has 0 aliphatic heterocycles. The number of thiophene rings is 1. The minimum atomic E-state index is -4.04. The molecule has 1 aromatic heterocycles. The first-order valence-electron chi connectivity index (χ1n) is 5.27. The first-order chi connectivity index (χ1) is 7.51. The summed E-state index contributed by atoms with van der Waals surface area (Å²) in [5.74, 6) is 0. The Hall–Kier alpha value is -0.550. The van der Waals surface area contributed by atoms with E-state index in [0.29, 0.717) is 0 Å². The standard InChI is InChI=1S/C11H16F3NS/c1-15-9(6-7-11(12,13)14)4-5-10-3-2-8-16-10/h2-3,8-9,15H,4-7H2,1H3. The smallest absolute Gasteiger partial charge is 0.317 e. The van der Waals surface area contributed by atoms with Gasteiger partial charge in [-0.1, -0.05) is 6.07 Å². The van der Waals surface area contributed by atoms with E-state index in [9.17, 15) is 13.2 Å². The van der Waals surface area contributed by atoms with Crippen molar-refractivity contribution in [2.24, 2.45) is 0 Å². The number of aryl methyl sites for hydroxylation is 1. The van der Waals surface area contributed by atoms with Crippen molar-refractivity contribution in [3.63, 3.8) is 0 Å². The predicted molar refractivity (Wildman–Crippen MR) is 60.8 cm³/mol. The molecule has 0 spiro atoms. The fraction of sp³-hybridized carbons (Fsp3) is 0.636. The second-order valence-electron chi connectivity index (χ2n) is 3.76. The molecule has 0 bridgehead atoms. The van der Waals surface area contributed by atoms with Crippen LogP contribution in [0.1, 0.15) is 24.1 Å². The molecule has 0 aliphatic carbocycles. The number of alkyl halides is 3. The van der Waals surface area contributed by atoms with E-state index in [-0.39, 0.29) is 12.5 Å². The highest BCUT2D eigenvalue weighted by atomic mass is 32.1. The van der Waals surface area contributed by atoms with Crippen molar-refractivity contribution in [2.75, 3.05) is 7.05 Å². The average molecular weight is 251 g/mol. The third-order valence-corrected chi connectivity index (χ3v) is 3.44. The van der Waals surface area contributed by atoms with Gasteiger partial charge in [-0.05, 0) is 37.8 Å². The third kappa shape index (κ3) is 5.51. The van der Waals surface area contributed by atoms with E-state index in [4.69, 9.17) is 0 Å². The maximum Gasteiger partial charge on any atom is 0.389 e. The monoisotopic (exact) mass is 251 g/mol. The Kier molecular flexibility index (Phi) is 5.28. The molecule has 0 fully saturated rings. The SMILES string of the molecule is CNC(CCc1cccs1)CCC(F)(F)F. The topological polar surface area (TPSA) is 12.0 Å². The molecule has 0 aliphatic rings. The van der Waals surface area contributed by atoms with E-state index < -0.39 is 12.6 Å². The zero-order valence-electron chi connectivity index (χ0n) is 9.18. The largest absolute Gasteiger partial charge is 0.389 e. The van der Waals surface area contributed by atoms with E-state index in [1.165, 1.54) is 4.88 Å². The molecule has 16 heavy (non-hydrogen) atoms. The highest BCUT2D eigenvalue weighted by Gasteiger charge is 2.27. The van der Waals surface area contributed by atoms with E-state index in [1.54, 1.807) is 18.4 Å². The van der Waals surface area contributed by atoms with Crippen molar-refractivity contribution in [3.05, 3.63) is 22.4 Å². The molecule has 1 rings (SSSR count). The van der Waals surface area contributed by atoms with Crippen molar-refractivity contribution < 1.29 is 13.2 Å². The maximum atomic E-state index is 12.0. The second kappa shape index (κ2) is 6.25. The second-order valence-corrected chi connectivity index (χ2v) is 4.79. The quantitative estimate of drug-likeness (QED) is 0.814. The lowest BCUT2D eigenvalue weighted by molar-refractivity contribution is -0.136. The highest BCUT2D eigenvalue weighted by molar-refractivity contribution is 7.09. The van der Waals surface area contributed by atoms with Gasteiger partial charge in [0.25, 0.3) is 0 Å². The van der Waals surface area contributed by atoms with E-state index in [0.717, 1.165) is 12.8 Å². The van der Waals surface area contributed by atoms with Crippen molar-refractivity contribution >= 4 is 11.3 Å². The van der Waals surface area contributed by atoms with Crippen LogP contribution in [0.2, 0.25) is 0 Å². The molecule has 0 radical (unpaired) electrons. The summed E-state index contributed by atoms with van der Waals surface area (Å²) in [7, 11) is 1.72. The van der Waals surface area contributed by atoms with Gasteiger partial charge in [-0.3, -0.25) is 0 Å². The Balaban J connectivity index is 2.27. The molecule has 5 heteroatoms. The van der Waals surface area contributed by atoms with Crippen LogP contribution in [0.5, 0.6) is 0 Å². The zero-order valence-corrected chi connectivity index (χ0v) is 10.00. The van der Waals surface area contributed by atoms with Gasteiger partial charge < -0.3 is 5.32 Å². The van der Waals surface area contributed by atoms with Gasteiger partial charge in [0, 0.05) is 17.3 Å². The zero-order chi connectivity index (χ0) is 12.0. The Bertz CT molecular complexity index is 282. The van der Waals surface area contributed by atoms with Gasteiger partial charge in [0.1, 0.15) is 0 Å². The van der Waals surface area contributed by atoms with Crippen LogP contribution in [-0.2, 0) is 6.42 Å². The first kappa shape index (κ1) is 13.5. The van der Waals surface area contributed by atoms with E-state index >= 15 is 0 Å². The molecule has 0 saturated heterocycles. The van der Waals surface area contributed by atoms with Crippen LogP contribution in [0.25, 0.3) is 0 Å². The predicted octanol–water partition coefficient (Wildman–Crippen LogP) is 3.61. The van der Waals surface area contributed by atoms with Crippen molar-refractivity contribution in [2.45, 2.75) is 37.9 Å². The van der Waals surface area contributed by atoms with Gasteiger partial charge in [0.2, 0.25) is 0 Å². The number of halogens is 3. The van der Waals surface area contributed by atoms with E-state index in [2.05, 4.69) is 5.32 Å². The molecule has 1 unspecified atom stereocenters. The Morgan fingerprint density at radius 1 is 1.38 bits per heavy atom. The summed E-state index contributed by atoms with van der Waals surface area (Å²) < 4.78 is 36.1. The summed E-state index contributed by atoms with van der Waals surface area (Å²) in [6.45, 7) is 0. The van der Waals surface area contributed by atoms with Crippen molar-refractivity contribution in [3.8, 4) is 0 Å². The molecule has 1 aromatic rings. The average Bonchev–Trinajstić information content (AvgIpc) is 2.69. The first-order valence-corrected chi connectivity index (χ1v) is 6.15. The van der Waals surface area contributed by atoms with Gasteiger partial charge in [-0.2, -0.15) is 13.2 Å². The highest BCUT2D eigenvalue weighted by Crippen LogP contribution is 2.23. The van der Waals surface area contributed by atoms with Gasteiger partial charge in [0.15, 0.2) is 0 Å². The van der Waals surface area contributed by atoms with Crippen molar-refractivity contribution in [1.29, 1.82) is 0 Å². The summed E-state index contributed by atoms with van der Waals surface area (Å²) in [4.78, 5) is 1.23. The Morgan fingerprint density at radius 2 is 2.12 bits per heavy atom. The van der Waals surface area contributed by atoms with Crippen LogP contribution in [0.4, 0.5) is 13.2 Å². The van der Waals surface area contributed by atoms with Crippen molar-refractivity contribution in [1.82, 2.24) is 5.32 Å². The van der Waals surface area contributed by atoms with Crippen LogP contribution in [0, 0.1) is 0 Å². The molecular weight excluding hydrogens is 235 g/mol. The molecule has 1 nitrogen and oxygen atoms in total. The molecule has 92 valence electrons. The minimum Gasteiger partial charge on any atom is -0.317 e. The molecule has 0 amide bonds.